The molecule has 0 N–H and O–H groups in total. The van der Waals surface area contributed by atoms with E-state index in [1.54, 1.807) is 6.92 Å². The quantitative estimate of drug-likeness (QED) is 0.727. The van der Waals surface area contributed by atoms with Gasteiger partial charge in [0.1, 0.15) is 11.6 Å². The minimum Gasteiger partial charge on any atom is -0.376 e. The summed E-state index contributed by atoms with van der Waals surface area (Å²) in [7, 11) is 0. The van der Waals surface area contributed by atoms with Crippen LogP contribution in [0.25, 0.3) is 0 Å². The van der Waals surface area contributed by atoms with Gasteiger partial charge < -0.3 is 4.74 Å². The van der Waals surface area contributed by atoms with E-state index in [1.807, 2.05) is 0 Å². The number of benzene rings is 1. The van der Waals surface area contributed by atoms with Crippen LogP contribution in [0.2, 0.25) is 0 Å². The maximum Gasteiger partial charge on any atom is 0.130 e. The molecule has 0 spiro atoms. The third kappa shape index (κ3) is 2.78. The van der Waals surface area contributed by atoms with Gasteiger partial charge in [-0.1, -0.05) is 0 Å². The van der Waals surface area contributed by atoms with Crippen LogP contribution in [0.3, 0.4) is 0 Å². The smallest absolute Gasteiger partial charge is 0.130 e. The van der Waals surface area contributed by atoms with Crippen molar-refractivity contribution in [2.24, 2.45) is 0 Å². The Hall–Kier alpha value is -0.670. The fourth-order valence-corrected chi connectivity index (χ4v) is 2.45. The number of halogens is 3. The number of hydrogen-bond acceptors (Lipinski definition) is 1. The Bertz CT molecular complexity index is 403. The molecule has 17 heavy (non-hydrogen) atoms. The molecule has 1 nitrogen and oxygen atoms in total. The first-order valence-electron chi connectivity index (χ1n) is 5.81. The van der Waals surface area contributed by atoms with Gasteiger partial charge in [-0.3, -0.25) is 0 Å². The summed E-state index contributed by atoms with van der Waals surface area (Å²) in [6.07, 6.45) is 2.70. The van der Waals surface area contributed by atoms with Gasteiger partial charge in [-0.05, 0) is 37.8 Å². The molecule has 0 amide bonds. The highest BCUT2D eigenvalue weighted by Crippen LogP contribution is 2.34. The van der Waals surface area contributed by atoms with Gasteiger partial charge >= 0.3 is 0 Å². The van der Waals surface area contributed by atoms with Crippen molar-refractivity contribution in [1.82, 2.24) is 0 Å². The van der Waals surface area contributed by atoms with Gasteiger partial charge in [0.05, 0.1) is 11.5 Å². The molecule has 0 bridgehead atoms. The minimum absolute atomic E-state index is 0.176. The summed E-state index contributed by atoms with van der Waals surface area (Å²) in [5.74, 6) is -1.14. The molecule has 0 saturated carbocycles. The van der Waals surface area contributed by atoms with E-state index in [4.69, 9.17) is 16.3 Å². The third-order valence-corrected chi connectivity index (χ3v) is 3.63. The van der Waals surface area contributed by atoms with Crippen molar-refractivity contribution in [3.05, 3.63) is 34.9 Å². The molecular weight excluding hydrogens is 246 g/mol. The highest BCUT2D eigenvalue weighted by Gasteiger charge is 2.26. The zero-order chi connectivity index (χ0) is 12.4. The van der Waals surface area contributed by atoms with Gasteiger partial charge in [-0.15, -0.1) is 11.6 Å². The highest BCUT2D eigenvalue weighted by atomic mass is 35.5. The average Bonchev–Trinajstić information content (AvgIpc) is 2.34. The summed E-state index contributed by atoms with van der Waals surface area (Å²) in [5.41, 5.74) is 0.736. The summed E-state index contributed by atoms with van der Waals surface area (Å²) in [5, 5.41) is -0.547. The van der Waals surface area contributed by atoms with Crippen molar-refractivity contribution >= 4 is 11.6 Å². The molecule has 2 unspecified atom stereocenters. The third-order valence-electron chi connectivity index (χ3n) is 3.12. The predicted octanol–water partition coefficient (Wildman–Crippen LogP) is 4.12. The van der Waals surface area contributed by atoms with Crippen LogP contribution in [-0.2, 0) is 4.74 Å². The molecule has 94 valence electrons. The topological polar surface area (TPSA) is 9.23 Å². The lowest BCUT2D eigenvalue weighted by Gasteiger charge is -2.27. The summed E-state index contributed by atoms with van der Waals surface area (Å²) in [6.45, 7) is 2.26. The van der Waals surface area contributed by atoms with Crippen molar-refractivity contribution in [1.29, 1.82) is 0 Å². The summed E-state index contributed by atoms with van der Waals surface area (Å²) < 4.78 is 32.3. The first-order valence-corrected chi connectivity index (χ1v) is 6.24. The largest absolute Gasteiger partial charge is 0.376 e. The van der Waals surface area contributed by atoms with Crippen LogP contribution >= 0.6 is 11.6 Å². The van der Waals surface area contributed by atoms with Crippen molar-refractivity contribution in [3.8, 4) is 0 Å². The molecule has 1 heterocycles. The Morgan fingerprint density at radius 2 is 2.06 bits per heavy atom. The number of alkyl halides is 1. The van der Waals surface area contributed by atoms with E-state index < -0.39 is 17.0 Å². The fraction of sp³-hybridized carbons (Fsp3) is 0.538. The Labute approximate surface area is 105 Å². The summed E-state index contributed by atoms with van der Waals surface area (Å²) in [6, 6.07) is 2.36. The van der Waals surface area contributed by atoms with E-state index >= 15 is 0 Å². The molecular formula is C13H15ClF2O. The second-order valence-corrected chi connectivity index (χ2v) is 4.90. The van der Waals surface area contributed by atoms with E-state index in [9.17, 15) is 8.78 Å². The van der Waals surface area contributed by atoms with Crippen molar-refractivity contribution in [3.63, 3.8) is 0 Å². The van der Waals surface area contributed by atoms with E-state index in [2.05, 4.69) is 0 Å². The predicted molar refractivity (Wildman–Crippen MR) is 63.3 cm³/mol. The maximum atomic E-state index is 13.7. The molecule has 1 aromatic carbocycles. The average molecular weight is 261 g/mol. The number of rotatable bonds is 2. The molecule has 0 radical (unpaired) electrons. The van der Waals surface area contributed by atoms with Crippen LogP contribution in [-0.4, -0.2) is 12.7 Å². The van der Waals surface area contributed by atoms with Crippen LogP contribution in [0, 0.1) is 18.6 Å². The Morgan fingerprint density at radius 1 is 1.29 bits per heavy atom. The fourth-order valence-electron chi connectivity index (χ4n) is 2.09. The van der Waals surface area contributed by atoms with E-state index in [1.165, 1.54) is 6.07 Å². The van der Waals surface area contributed by atoms with Gasteiger partial charge in [-0.2, -0.15) is 0 Å². The molecule has 4 heteroatoms. The molecule has 1 saturated heterocycles. The number of ether oxygens (including phenoxy) is 1. The normalized spacial score (nSPS) is 22.5. The van der Waals surface area contributed by atoms with Gasteiger partial charge in [-0.25, -0.2) is 8.78 Å². The standard InChI is InChI=1S/C13H15ClF2O/c1-8-6-9(11(16)7-10(8)15)13(14)12-4-2-3-5-17-12/h6-7,12-13H,2-5H2,1H3. The van der Waals surface area contributed by atoms with Gasteiger partial charge in [0.2, 0.25) is 0 Å². The van der Waals surface area contributed by atoms with Crippen molar-refractivity contribution in [2.75, 3.05) is 6.61 Å². The van der Waals surface area contributed by atoms with Crippen LogP contribution in [0.1, 0.15) is 35.8 Å². The second-order valence-electron chi connectivity index (χ2n) is 4.43. The van der Waals surface area contributed by atoms with E-state index in [-0.39, 0.29) is 6.10 Å². The zero-order valence-electron chi connectivity index (χ0n) is 9.68. The zero-order valence-corrected chi connectivity index (χ0v) is 10.4. The molecule has 1 aliphatic rings. The molecule has 1 fully saturated rings. The minimum atomic E-state index is -0.595. The number of hydrogen-bond donors (Lipinski definition) is 0. The molecule has 1 aromatic rings. The summed E-state index contributed by atoms with van der Waals surface area (Å²) >= 11 is 6.23. The van der Waals surface area contributed by atoms with Crippen LogP contribution in [0.15, 0.2) is 12.1 Å². The van der Waals surface area contributed by atoms with Crippen molar-refractivity contribution in [2.45, 2.75) is 37.7 Å². The van der Waals surface area contributed by atoms with E-state index in [0.29, 0.717) is 17.7 Å². The lowest BCUT2D eigenvalue weighted by Crippen LogP contribution is -2.24. The van der Waals surface area contributed by atoms with Crippen LogP contribution in [0.4, 0.5) is 8.78 Å². The molecule has 1 aliphatic heterocycles. The van der Waals surface area contributed by atoms with E-state index in [0.717, 1.165) is 25.3 Å². The Morgan fingerprint density at radius 3 is 2.71 bits per heavy atom. The first-order chi connectivity index (χ1) is 8.09. The van der Waals surface area contributed by atoms with Crippen LogP contribution in [0.5, 0.6) is 0 Å². The highest BCUT2D eigenvalue weighted by molar-refractivity contribution is 6.21. The second kappa shape index (κ2) is 5.32. The Kier molecular flexibility index (Phi) is 4.00. The van der Waals surface area contributed by atoms with Gasteiger partial charge in [0.15, 0.2) is 0 Å². The Balaban J connectivity index is 2.23. The van der Waals surface area contributed by atoms with Crippen LogP contribution < -0.4 is 0 Å². The first kappa shape index (κ1) is 12.8. The number of aryl methyl sites for hydroxylation is 1. The lowest BCUT2D eigenvalue weighted by molar-refractivity contribution is 0.0130. The molecule has 0 aliphatic carbocycles. The monoisotopic (exact) mass is 260 g/mol. The molecule has 2 atom stereocenters. The van der Waals surface area contributed by atoms with Gasteiger partial charge in [0.25, 0.3) is 0 Å². The maximum absolute atomic E-state index is 13.7. The summed E-state index contributed by atoms with van der Waals surface area (Å²) in [4.78, 5) is 0. The lowest BCUT2D eigenvalue weighted by atomic mass is 9.99. The molecule has 0 aromatic heterocycles. The SMILES string of the molecule is Cc1cc(C(Cl)C2CCCCO2)c(F)cc1F. The molecule has 2 rings (SSSR count). The van der Waals surface area contributed by atoms with Crippen molar-refractivity contribution < 1.29 is 13.5 Å². The van der Waals surface area contributed by atoms with Gasteiger partial charge in [0, 0.05) is 18.2 Å².